The molecule has 1 saturated heterocycles. The van der Waals surface area contributed by atoms with Crippen molar-refractivity contribution in [2.75, 3.05) is 26.2 Å². The van der Waals surface area contributed by atoms with Crippen molar-refractivity contribution in [1.82, 2.24) is 9.80 Å². The maximum Gasteiger partial charge on any atom is 0.239 e. The quantitative estimate of drug-likeness (QED) is 0.827. The van der Waals surface area contributed by atoms with Gasteiger partial charge >= 0.3 is 0 Å². The number of nitrogens with zero attached hydrogens (tertiary/aromatic N) is 2. The molecule has 1 rings (SSSR count). The highest BCUT2D eigenvalue weighted by atomic mass is 16.2. The summed E-state index contributed by atoms with van der Waals surface area (Å²) in [5.41, 5.74) is 6.21. The molecular weight excluding hydrogens is 226 g/mol. The summed E-state index contributed by atoms with van der Waals surface area (Å²) >= 11 is 0. The van der Waals surface area contributed by atoms with Crippen LogP contribution in [0.25, 0.3) is 0 Å². The molecule has 0 unspecified atom stereocenters. The van der Waals surface area contributed by atoms with E-state index < -0.39 is 0 Å². The van der Waals surface area contributed by atoms with E-state index in [0.717, 1.165) is 32.6 Å². The fraction of sp³-hybridized carbons (Fsp3) is 0.929. The van der Waals surface area contributed by atoms with Crippen molar-refractivity contribution in [2.24, 2.45) is 11.7 Å². The van der Waals surface area contributed by atoms with E-state index >= 15 is 0 Å². The maximum atomic E-state index is 12.2. The Morgan fingerprint density at radius 3 is 2.11 bits per heavy atom. The van der Waals surface area contributed by atoms with Gasteiger partial charge in [0.25, 0.3) is 0 Å². The molecule has 0 radical (unpaired) electrons. The van der Waals surface area contributed by atoms with Gasteiger partial charge in [-0.25, -0.2) is 0 Å². The Labute approximate surface area is 111 Å². The molecule has 0 spiro atoms. The summed E-state index contributed by atoms with van der Waals surface area (Å²) < 4.78 is 0. The zero-order chi connectivity index (χ0) is 13.9. The number of hydrogen-bond donors (Lipinski definition) is 1. The molecule has 1 aliphatic rings. The average molecular weight is 255 g/mol. The van der Waals surface area contributed by atoms with Gasteiger partial charge in [0.1, 0.15) is 0 Å². The molecule has 18 heavy (non-hydrogen) atoms. The Morgan fingerprint density at radius 1 is 1.22 bits per heavy atom. The monoisotopic (exact) mass is 255 g/mol. The second kappa shape index (κ2) is 6.02. The molecule has 106 valence electrons. The molecule has 1 heterocycles. The minimum Gasteiger partial charge on any atom is -0.339 e. The molecule has 0 bridgehead atoms. The van der Waals surface area contributed by atoms with Crippen LogP contribution in [0.3, 0.4) is 0 Å². The topological polar surface area (TPSA) is 49.6 Å². The highest BCUT2D eigenvalue weighted by Gasteiger charge is 2.30. The third-order valence-corrected chi connectivity index (χ3v) is 4.08. The third-order valence-electron chi connectivity index (χ3n) is 4.08. The summed E-state index contributed by atoms with van der Waals surface area (Å²) in [6.45, 7) is 14.3. The molecule has 0 aromatic carbocycles. The summed E-state index contributed by atoms with van der Waals surface area (Å²) in [5.74, 6) is 0.385. The molecule has 0 saturated carbocycles. The molecule has 2 atom stereocenters. The Hall–Kier alpha value is -0.610. The number of nitrogens with two attached hydrogens (primary N) is 1. The van der Waals surface area contributed by atoms with Crippen LogP contribution >= 0.6 is 0 Å². The second-order valence-electron chi connectivity index (χ2n) is 6.39. The summed E-state index contributed by atoms with van der Waals surface area (Å²) in [4.78, 5) is 16.6. The van der Waals surface area contributed by atoms with Gasteiger partial charge in [0.15, 0.2) is 0 Å². The number of amides is 1. The van der Waals surface area contributed by atoms with Gasteiger partial charge in [-0.1, -0.05) is 20.3 Å². The number of rotatable bonds is 3. The predicted octanol–water partition coefficient (Wildman–Crippen LogP) is 1.30. The first kappa shape index (κ1) is 15.4. The van der Waals surface area contributed by atoms with Crippen LogP contribution in [0.2, 0.25) is 0 Å². The Balaban J connectivity index is 2.50. The van der Waals surface area contributed by atoms with E-state index in [1.54, 1.807) is 0 Å². The van der Waals surface area contributed by atoms with Crippen LogP contribution in [0.15, 0.2) is 0 Å². The van der Waals surface area contributed by atoms with Crippen LogP contribution in [-0.2, 0) is 4.79 Å². The number of carbonyl (C=O) groups is 1. The zero-order valence-corrected chi connectivity index (χ0v) is 12.6. The van der Waals surface area contributed by atoms with Crippen LogP contribution in [0.5, 0.6) is 0 Å². The third kappa shape index (κ3) is 3.69. The van der Waals surface area contributed by atoms with Crippen molar-refractivity contribution in [3.05, 3.63) is 0 Å². The second-order valence-corrected chi connectivity index (χ2v) is 6.39. The van der Waals surface area contributed by atoms with Crippen molar-refractivity contribution in [1.29, 1.82) is 0 Å². The fourth-order valence-electron chi connectivity index (χ4n) is 2.31. The van der Waals surface area contributed by atoms with Crippen LogP contribution in [-0.4, -0.2) is 53.5 Å². The van der Waals surface area contributed by atoms with E-state index in [-0.39, 0.29) is 23.4 Å². The minimum atomic E-state index is -0.337. The Morgan fingerprint density at radius 2 is 1.72 bits per heavy atom. The van der Waals surface area contributed by atoms with E-state index in [1.807, 2.05) is 11.8 Å². The van der Waals surface area contributed by atoms with E-state index in [2.05, 4.69) is 32.6 Å². The van der Waals surface area contributed by atoms with Crippen molar-refractivity contribution in [3.8, 4) is 0 Å². The van der Waals surface area contributed by atoms with Crippen molar-refractivity contribution in [2.45, 2.75) is 52.6 Å². The van der Waals surface area contributed by atoms with Crippen molar-refractivity contribution in [3.63, 3.8) is 0 Å². The van der Waals surface area contributed by atoms with Crippen LogP contribution in [0.4, 0.5) is 0 Å². The van der Waals surface area contributed by atoms with Gasteiger partial charge in [-0.2, -0.15) is 0 Å². The van der Waals surface area contributed by atoms with Gasteiger partial charge < -0.3 is 10.6 Å². The molecule has 4 heteroatoms. The highest BCUT2D eigenvalue weighted by molar-refractivity contribution is 5.82. The van der Waals surface area contributed by atoms with Gasteiger partial charge in [0.2, 0.25) is 5.91 Å². The zero-order valence-electron chi connectivity index (χ0n) is 12.6. The lowest BCUT2D eigenvalue weighted by Crippen LogP contribution is -2.57. The highest BCUT2D eigenvalue weighted by Crippen LogP contribution is 2.17. The molecule has 0 aromatic rings. The van der Waals surface area contributed by atoms with E-state index in [4.69, 9.17) is 5.73 Å². The lowest BCUT2D eigenvalue weighted by atomic mass is 9.98. The largest absolute Gasteiger partial charge is 0.339 e. The normalized spacial score (nSPS) is 21.8. The molecule has 1 aliphatic heterocycles. The molecule has 1 fully saturated rings. The smallest absolute Gasteiger partial charge is 0.239 e. The minimum absolute atomic E-state index is 0.123. The van der Waals surface area contributed by atoms with Gasteiger partial charge in [-0.3, -0.25) is 9.69 Å². The number of piperazine rings is 1. The summed E-state index contributed by atoms with van der Waals surface area (Å²) in [5, 5.41) is 0. The molecular formula is C14H29N3O. The molecule has 1 amide bonds. The number of carbonyl (C=O) groups excluding carboxylic acids is 1. The Kier molecular flexibility index (Phi) is 5.17. The van der Waals surface area contributed by atoms with Gasteiger partial charge in [0.05, 0.1) is 6.04 Å². The molecule has 4 nitrogen and oxygen atoms in total. The van der Waals surface area contributed by atoms with E-state index in [9.17, 15) is 4.79 Å². The molecule has 2 N–H and O–H groups in total. The van der Waals surface area contributed by atoms with E-state index in [1.165, 1.54) is 0 Å². The predicted molar refractivity (Wildman–Crippen MR) is 75.3 cm³/mol. The molecule has 0 aliphatic carbocycles. The van der Waals surface area contributed by atoms with E-state index in [0.29, 0.717) is 0 Å². The number of hydrogen-bond acceptors (Lipinski definition) is 3. The molecule has 0 aromatic heterocycles. The van der Waals surface area contributed by atoms with Gasteiger partial charge in [-0.15, -0.1) is 0 Å². The van der Waals surface area contributed by atoms with Crippen molar-refractivity contribution >= 4 is 5.91 Å². The SMILES string of the molecule is CC[C@H](C)[C@H](N)C(=O)N1CCN(C(C)(C)C)CC1. The lowest BCUT2D eigenvalue weighted by molar-refractivity contribution is -0.136. The summed E-state index contributed by atoms with van der Waals surface area (Å²) in [6.07, 6.45) is 0.953. The summed E-state index contributed by atoms with van der Waals surface area (Å²) in [6, 6.07) is -0.337. The first-order valence-electron chi connectivity index (χ1n) is 7.06. The van der Waals surface area contributed by atoms with Crippen molar-refractivity contribution < 1.29 is 4.79 Å². The van der Waals surface area contributed by atoms with Gasteiger partial charge in [0, 0.05) is 31.7 Å². The first-order valence-corrected chi connectivity index (χ1v) is 7.06. The standard InChI is InChI=1S/C14H29N3O/c1-6-11(2)12(15)13(18)16-7-9-17(10-8-16)14(3,4)5/h11-12H,6-10,15H2,1-5H3/t11-,12-/m0/s1. The first-order chi connectivity index (χ1) is 8.27. The van der Waals surface area contributed by atoms with Gasteiger partial charge in [-0.05, 0) is 26.7 Å². The fourth-order valence-corrected chi connectivity index (χ4v) is 2.31. The Bertz CT molecular complexity index is 277. The van der Waals surface area contributed by atoms with Crippen LogP contribution < -0.4 is 5.73 Å². The lowest BCUT2D eigenvalue weighted by Gasteiger charge is -2.43. The summed E-state index contributed by atoms with van der Waals surface area (Å²) in [7, 11) is 0. The average Bonchev–Trinajstić information content (AvgIpc) is 2.35. The maximum absolute atomic E-state index is 12.2. The van der Waals surface area contributed by atoms with Crippen LogP contribution in [0.1, 0.15) is 41.0 Å². The van der Waals surface area contributed by atoms with Crippen LogP contribution in [0, 0.1) is 5.92 Å².